The van der Waals surface area contributed by atoms with Gasteiger partial charge in [0.25, 0.3) is 0 Å². The molecule has 6 heteroatoms. The summed E-state index contributed by atoms with van der Waals surface area (Å²) in [6.07, 6.45) is 14.2. The number of ketones is 1. The molecule has 2 saturated heterocycles. The SMILES string of the molecule is CC(C)C(=O)C1CC2(CC2)C1.CCC1CC(Nc2ncc(C3CCN(C)CC3)cn2)CN(C(C)C)C1. The summed E-state index contributed by atoms with van der Waals surface area (Å²) in [4.78, 5) is 25.7. The Morgan fingerprint density at radius 1 is 1.08 bits per heavy atom. The number of piperidine rings is 2. The first-order valence-electron chi connectivity index (χ1n) is 14.7. The second-order valence-electron chi connectivity index (χ2n) is 13.0. The van der Waals surface area contributed by atoms with Crippen LogP contribution in [0.5, 0.6) is 0 Å². The van der Waals surface area contributed by atoms with Crippen molar-refractivity contribution in [3.63, 3.8) is 0 Å². The molecule has 0 radical (unpaired) electrons. The third-order valence-electron chi connectivity index (χ3n) is 9.36. The molecule has 1 aromatic rings. The van der Waals surface area contributed by atoms with E-state index in [-0.39, 0.29) is 5.92 Å². The highest BCUT2D eigenvalue weighted by atomic mass is 16.1. The smallest absolute Gasteiger partial charge is 0.222 e. The van der Waals surface area contributed by atoms with Crippen molar-refractivity contribution in [2.24, 2.45) is 23.2 Å². The molecule has 2 atom stereocenters. The van der Waals surface area contributed by atoms with E-state index in [1.165, 1.54) is 76.6 Å². The number of carbonyl (C=O) groups excluding carboxylic acids is 1. The van der Waals surface area contributed by atoms with E-state index in [1.807, 2.05) is 26.2 Å². The van der Waals surface area contributed by atoms with E-state index in [2.05, 4.69) is 52.9 Å². The normalized spacial score (nSPS) is 27.0. The molecule has 36 heavy (non-hydrogen) atoms. The van der Waals surface area contributed by atoms with Crippen LogP contribution in [0.15, 0.2) is 12.4 Å². The van der Waals surface area contributed by atoms with Crippen LogP contribution in [0.1, 0.15) is 97.5 Å². The summed E-state index contributed by atoms with van der Waals surface area (Å²) >= 11 is 0. The van der Waals surface area contributed by atoms with Gasteiger partial charge in [0.05, 0.1) is 0 Å². The summed E-state index contributed by atoms with van der Waals surface area (Å²) in [5.74, 6) is 3.39. The molecule has 2 unspecified atom stereocenters. The maximum absolute atomic E-state index is 11.4. The minimum atomic E-state index is 0.260. The molecule has 2 saturated carbocycles. The number of hydrogen-bond acceptors (Lipinski definition) is 6. The van der Waals surface area contributed by atoms with Crippen LogP contribution in [-0.4, -0.2) is 70.9 Å². The van der Waals surface area contributed by atoms with E-state index in [4.69, 9.17) is 0 Å². The van der Waals surface area contributed by atoms with E-state index in [0.717, 1.165) is 18.4 Å². The van der Waals surface area contributed by atoms with Crippen LogP contribution in [0, 0.1) is 23.2 Å². The minimum Gasteiger partial charge on any atom is -0.350 e. The number of hydrogen-bond donors (Lipinski definition) is 1. The average molecular weight is 498 g/mol. The van der Waals surface area contributed by atoms with E-state index in [1.54, 1.807) is 0 Å². The van der Waals surface area contributed by atoms with Crippen LogP contribution in [0.25, 0.3) is 0 Å². The molecule has 0 aromatic carbocycles. The molecule has 3 heterocycles. The number of Topliss-reactive ketones (excluding diaryl/α,β-unsaturated/α-hetero) is 1. The molecule has 1 N–H and O–H groups in total. The molecule has 2 aliphatic carbocycles. The zero-order chi connectivity index (χ0) is 25.9. The van der Waals surface area contributed by atoms with Crippen LogP contribution in [0.2, 0.25) is 0 Å². The fraction of sp³-hybridized carbons (Fsp3) is 0.833. The first kappa shape index (κ1) is 27.5. The van der Waals surface area contributed by atoms with Gasteiger partial charge in [-0.05, 0) is 102 Å². The van der Waals surface area contributed by atoms with Crippen molar-refractivity contribution in [3.8, 4) is 0 Å². The predicted octanol–water partition coefficient (Wildman–Crippen LogP) is 5.61. The summed E-state index contributed by atoms with van der Waals surface area (Å²) in [7, 11) is 2.20. The van der Waals surface area contributed by atoms with Crippen molar-refractivity contribution in [1.82, 2.24) is 19.8 Å². The zero-order valence-corrected chi connectivity index (χ0v) is 23.8. The van der Waals surface area contributed by atoms with Crippen LogP contribution in [0.3, 0.4) is 0 Å². The van der Waals surface area contributed by atoms with Crippen LogP contribution in [-0.2, 0) is 4.79 Å². The van der Waals surface area contributed by atoms with Crippen LogP contribution in [0.4, 0.5) is 5.95 Å². The first-order valence-corrected chi connectivity index (χ1v) is 14.7. The Bertz CT molecular complexity index is 833. The maximum Gasteiger partial charge on any atom is 0.222 e. The fourth-order valence-corrected chi connectivity index (χ4v) is 6.45. The second-order valence-corrected chi connectivity index (χ2v) is 13.0. The minimum absolute atomic E-state index is 0.260. The molecule has 0 amide bonds. The maximum atomic E-state index is 11.4. The third-order valence-corrected chi connectivity index (χ3v) is 9.36. The van der Waals surface area contributed by atoms with Crippen LogP contribution >= 0.6 is 0 Å². The molecule has 2 aliphatic heterocycles. The number of carbonyl (C=O) groups is 1. The summed E-state index contributed by atoms with van der Waals surface area (Å²) in [5, 5.41) is 3.60. The van der Waals surface area contributed by atoms with Crippen molar-refractivity contribution in [1.29, 1.82) is 0 Å². The summed E-state index contributed by atoms with van der Waals surface area (Å²) in [6.45, 7) is 15.6. The number of nitrogens with zero attached hydrogens (tertiary/aromatic N) is 4. The number of likely N-dealkylation sites (tertiary alicyclic amines) is 2. The summed E-state index contributed by atoms with van der Waals surface area (Å²) in [5.41, 5.74) is 1.99. The van der Waals surface area contributed by atoms with Crippen LogP contribution < -0.4 is 5.32 Å². The fourth-order valence-electron chi connectivity index (χ4n) is 6.45. The number of rotatable bonds is 7. The van der Waals surface area contributed by atoms with Gasteiger partial charge >= 0.3 is 0 Å². The molecule has 4 aliphatic rings. The molecular formula is C30H51N5O. The number of nitrogens with one attached hydrogen (secondary N) is 1. The van der Waals surface area contributed by atoms with Gasteiger partial charge in [0.15, 0.2) is 0 Å². The van der Waals surface area contributed by atoms with Gasteiger partial charge in [-0.25, -0.2) is 9.97 Å². The van der Waals surface area contributed by atoms with Gasteiger partial charge in [0.2, 0.25) is 5.95 Å². The molecule has 202 valence electrons. The largest absolute Gasteiger partial charge is 0.350 e. The Morgan fingerprint density at radius 2 is 1.72 bits per heavy atom. The topological polar surface area (TPSA) is 61.4 Å². The molecule has 1 aromatic heterocycles. The van der Waals surface area contributed by atoms with Crippen molar-refractivity contribution in [2.75, 3.05) is 38.5 Å². The van der Waals surface area contributed by atoms with Gasteiger partial charge < -0.3 is 10.2 Å². The molecule has 4 fully saturated rings. The van der Waals surface area contributed by atoms with Crippen molar-refractivity contribution in [3.05, 3.63) is 18.0 Å². The summed E-state index contributed by atoms with van der Waals surface area (Å²) < 4.78 is 0. The molecule has 1 spiro atoms. The van der Waals surface area contributed by atoms with E-state index >= 15 is 0 Å². The van der Waals surface area contributed by atoms with Crippen molar-refractivity contribution in [2.45, 2.75) is 104 Å². The second kappa shape index (κ2) is 11.9. The van der Waals surface area contributed by atoms with Gasteiger partial charge in [-0.2, -0.15) is 0 Å². The standard InChI is InChI=1S/C20H35N5.C10H16O/c1-5-16-10-19(14-25(13-16)15(2)3)23-20-21-11-18(12-22-20)17-6-8-24(4)9-7-17;1-7(2)9(11)8-5-10(6-8)3-4-10/h11-12,15-17,19H,5-10,13-14H2,1-4H3,(H,21,22,23);7-8H,3-6H2,1-2H3. The monoisotopic (exact) mass is 497 g/mol. The van der Waals surface area contributed by atoms with Gasteiger partial charge in [-0.15, -0.1) is 0 Å². The van der Waals surface area contributed by atoms with Gasteiger partial charge in [0, 0.05) is 49.4 Å². The van der Waals surface area contributed by atoms with E-state index < -0.39 is 0 Å². The van der Waals surface area contributed by atoms with Gasteiger partial charge in [-0.1, -0.05) is 27.2 Å². The van der Waals surface area contributed by atoms with Gasteiger partial charge in [-0.3, -0.25) is 9.69 Å². The Morgan fingerprint density at radius 3 is 2.25 bits per heavy atom. The lowest BCUT2D eigenvalue weighted by Crippen LogP contribution is -2.49. The zero-order valence-electron chi connectivity index (χ0n) is 23.8. The highest BCUT2D eigenvalue weighted by molar-refractivity contribution is 5.84. The third kappa shape index (κ3) is 7.06. The lowest BCUT2D eigenvalue weighted by Gasteiger charge is -2.40. The average Bonchev–Trinajstić information content (AvgIpc) is 3.65. The highest BCUT2D eigenvalue weighted by Gasteiger charge is 2.54. The van der Waals surface area contributed by atoms with Gasteiger partial charge in [0.1, 0.15) is 5.78 Å². The van der Waals surface area contributed by atoms with Crippen molar-refractivity contribution < 1.29 is 4.79 Å². The lowest BCUT2D eigenvalue weighted by molar-refractivity contribution is -0.130. The Kier molecular flexibility index (Phi) is 9.09. The highest BCUT2D eigenvalue weighted by Crippen LogP contribution is 2.63. The Hall–Kier alpha value is -1.53. The predicted molar refractivity (Wildman–Crippen MR) is 148 cm³/mol. The lowest BCUT2D eigenvalue weighted by atomic mass is 9.68. The molecule has 0 bridgehead atoms. The molecular weight excluding hydrogens is 446 g/mol. The number of aromatic nitrogens is 2. The molecule has 5 rings (SSSR count). The first-order chi connectivity index (χ1) is 17.2. The number of anilines is 1. The van der Waals surface area contributed by atoms with E-state index in [0.29, 0.717) is 35.1 Å². The Balaban J connectivity index is 0.000000229. The quantitative estimate of drug-likeness (QED) is 0.528. The van der Waals surface area contributed by atoms with E-state index in [9.17, 15) is 4.79 Å². The summed E-state index contributed by atoms with van der Waals surface area (Å²) in [6, 6.07) is 1.06. The Labute approximate surface area is 220 Å². The molecule has 6 nitrogen and oxygen atoms in total. The van der Waals surface area contributed by atoms with Crippen molar-refractivity contribution >= 4 is 11.7 Å².